The Morgan fingerprint density at radius 1 is 1.00 bits per heavy atom. The lowest BCUT2D eigenvalue weighted by Crippen LogP contribution is -2.38. The fourth-order valence-electron chi connectivity index (χ4n) is 2.36. The van der Waals surface area contributed by atoms with E-state index >= 15 is 0 Å². The number of anilines is 1. The van der Waals surface area contributed by atoms with E-state index in [2.05, 4.69) is 0 Å². The lowest BCUT2D eigenvalue weighted by atomic mass is 10.1. The maximum Gasteiger partial charge on any atom is 0.260 e. The van der Waals surface area contributed by atoms with Crippen molar-refractivity contribution in [2.24, 2.45) is 0 Å². The predicted molar refractivity (Wildman–Crippen MR) is 92.0 cm³/mol. The molecule has 0 radical (unpaired) electrons. The number of imide groups is 1. The van der Waals surface area contributed by atoms with Gasteiger partial charge in [-0.3, -0.25) is 14.5 Å². The first kappa shape index (κ1) is 16.7. The largest absolute Gasteiger partial charge is 0.399 e. The van der Waals surface area contributed by atoms with Crippen molar-refractivity contribution in [1.82, 2.24) is 4.90 Å². The van der Waals surface area contributed by atoms with Crippen molar-refractivity contribution in [2.75, 3.05) is 12.3 Å². The first-order valence-corrected chi connectivity index (χ1v) is 7.86. The van der Waals surface area contributed by atoms with Gasteiger partial charge in [-0.2, -0.15) is 0 Å². The molecule has 2 aromatic rings. The molecule has 0 unspecified atom stereocenters. The zero-order valence-corrected chi connectivity index (χ0v) is 13.4. The Labute approximate surface area is 136 Å². The Balaban J connectivity index is 2.14. The number of nitrogen functional groups attached to an aromatic ring is 1. The molecule has 2 rings (SSSR count). The first-order valence-electron chi connectivity index (χ1n) is 7.86. The van der Waals surface area contributed by atoms with Crippen molar-refractivity contribution >= 4 is 17.5 Å². The average molecular weight is 310 g/mol. The number of nitrogens with zero attached hydrogens (tertiary/aromatic N) is 1. The van der Waals surface area contributed by atoms with E-state index in [0.29, 0.717) is 30.6 Å². The molecule has 0 aliphatic carbocycles. The predicted octanol–water partition coefficient (Wildman–Crippen LogP) is 3.28. The van der Waals surface area contributed by atoms with Crippen LogP contribution in [0.5, 0.6) is 0 Å². The first-order chi connectivity index (χ1) is 11.1. The highest BCUT2D eigenvalue weighted by molar-refractivity contribution is 6.04. The smallest absolute Gasteiger partial charge is 0.260 e. The second kappa shape index (κ2) is 8.13. The molecule has 0 aliphatic heterocycles. The average Bonchev–Trinajstić information content (AvgIpc) is 2.56. The normalized spacial score (nSPS) is 10.3. The van der Waals surface area contributed by atoms with Crippen molar-refractivity contribution in [3.63, 3.8) is 0 Å². The van der Waals surface area contributed by atoms with Gasteiger partial charge in [0.2, 0.25) is 5.91 Å². The van der Waals surface area contributed by atoms with Crippen molar-refractivity contribution in [2.45, 2.75) is 26.2 Å². The summed E-state index contributed by atoms with van der Waals surface area (Å²) in [5, 5.41) is 0. The summed E-state index contributed by atoms with van der Waals surface area (Å²) in [6, 6.07) is 16.5. The van der Waals surface area contributed by atoms with Crippen LogP contribution in [0.25, 0.3) is 0 Å². The van der Waals surface area contributed by atoms with E-state index in [4.69, 9.17) is 5.73 Å². The second-order valence-electron chi connectivity index (χ2n) is 5.46. The van der Waals surface area contributed by atoms with Gasteiger partial charge in [0.15, 0.2) is 0 Å². The van der Waals surface area contributed by atoms with E-state index in [1.165, 1.54) is 4.90 Å². The Morgan fingerprint density at radius 2 is 1.65 bits per heavy atom. The Bertz CT molecular complexity index is 651. The van der Waals surface area contributed by atoms with Gasteiger partial charge in [0.1, 0.15) is 0 Å². The second-order valence-corrected chi connectivity index (χ2v) is 5.46. The molecule has 0 atom stereocenters. The van der Waals surface area contributed by atoms with Crippen LogP contribution in [0.1, 0.15) is 35.7 Å². The van der Waals surface area contributed by atoms with Crippen LogP contribution in [0.4, 0.5) is 5.69 Å². The van der Waals surface area contributed by atoms with Gasteiger partial charge in [-0.1, -0.05) is 37.3 Å². The van der Waals surface area contributed by atoms with Crippen molar-refractivity contribution in [1.29, 1.82) is 0 Å². The molecule has 4 nitrogen and oxygen atoms in total. The number of benzene rings is 2. The van der Waals surface area contributed by atoms with E-state index in [0.717, 1.165) is 12.0 Å². The topological polar surface area (TPSA) is 63.4 Å². The van der Waals surface area contributed by atoms with Crippen LogP contribution in [-0.2, 0) is 11.2 Å². The van der Waals surface area contributed by atoms with Crippen molar-refractivity contribution in [3.05, 3.63) is 65.7 Å². The molecular formula is C19H22N2O2. The van der Waals surface area contributed by atoms with Crippen molar-refractivity contribution in [3.8, 4) is 0 Å². The van der Waals surface area contributed by atoms with Gasteiger partial charge in [0, 0.05) is 24.2 Å². The van der Waals surface area contributed by atoms with E-state index in [1.54, 1.807) is 24.3 Å². The zero-order chi connectivity index (χ0) is 16.7. The minimum Gasteiger partial charge on any atom is -0.399 e. The van der Waals surface area contributed by atoms with Crippen LogP contribution < -0.4 is 5.73 Å². The van der Waals surface area contributed by atoms with Gasteiger partial charge in [0.05, 0.1) is 0 Å². The van der Waals surface area contributed by atoms with Crippen LogP contribution in [0.15, 0.2) is 54.6 Å². The molecule has 120 valence electrons. The van der Waals surface area contributed by atoms with E-state index in [-0.39, 0.29) is 11.8 Å². The van der Waals surface area contributed by atoms with Gasteiger partial charge in [0.25, 0.3) is 5.91 Å². The number of amides is 2. The molecule has 0 bridgehead atoms. The monoisotopic (exact) mass is 310 g/mol. The summed E-state index contributed by atoms with van der Waals surface area (Å²) in [6.07, 6.45) is 1.74. The van der Waals surface area contributed by atoms with Gasteiger partial charge in [-0.15, -0.1) is 0 Å². The van der Waals surface area contributed by atoms with E-state index in [1.807, 2.05) is 37.3 Å². The summed E-state index contributed by atoms with van der Waals surface area (Å²) in [6.45, 7) is 2.31. The van der Waals surface area contributed by atoms with Gasteiger partial charge in [-0.25, -0.2) is 0 Å². The highest BCUT2D eigenvalue weighted by atomic mass is 16.2. The molecule has 23 heavy (non-hydrogen) atoms. The van der Waals surface area contributed by atoms with E-state index in [9.17, 15) is 9.59 Å². The zero-order valence-electron chi connectivity index (χ0n) is 13.4. The minimum atomic E-state index is -0.264. The number of hydrogen-bond acceptors (Lipinski definition) is 3. The summed E-state index contributed by atoms with van der Waals surface area (Å²) >= 11 is 0. The minimum absolute atomic E-state index is 0.134. The summed E-state index contributed by atoms with van der Waals surface area (Å²) < 4.78 is 0. The summed E-state index contributed by atoms with van der Waals surface area (Å²) in [5.74, 6) is -0.398. The molecule has 4 heteroatoms. The highest BCUT2D eigenvalue weighted by Crippen LogP contribution is 2.12. The number of hydrogen-bond donors (Lipinski definition) is 1. The van der Waals surface area contributed by atoms with Crippen LogP contribution >= 0.6 is 0 Å². The molecule has 2 aromatic carbocycles. The molecule has 0 spiro atoms. The maximum atomic E-state index is 12.7. The fraction of sp³-hybridized carbons (Fsp3) is 0.263. The molecule has 0 aliphatic rings. The molecule has 2 N–H and O–H groups in total. The lowest BCUT2D eigenvalue weighted by Gasteiger charge is -2.21. The third-order valence-corrected chi connectivity index (χ3v) is 3.63. The van der Waals surface area contributed by atoms with Crippen LogP contribution in [0.3, 0.4) is 0 Å². The Hall–Kier alpha value is -2.62. The molecule has 0 fully saturated rings. The maximum absolute atomic E-state index is 12.7. The van der Waals surface area contributed by atoms with Gasteiger partial charge in [-0.05, 0) is 42.7 Å². The highest BCUT2D eigenvalue weighted by Gasteiger charge is 2.21. The Kier molecular flexibility index (Phi) is 5.92. The van der Waals surface area contributed by atoms with Crippen LogP contribution in [0.2, 0.25) is 0 Å². The fourth-order valence-corrected chi connectivity index (χ4v) is 2.36. The molecule has 2 amide bonds. The summed E-state index contributed by atoms with van der Waals surface area (Å²) in [5.41, 5.74) is 7.83. The summed E-state index contributed by atoms with van der Waals surface area (Å²) in [7, 11) is 0. The number of carbonyl (C=O) groups excluding carboxylic acids is 2. The number of carbonyl (C=O) groups is 2. The SMILES string of the molecule is CCCC(=O)N(CCc1ccccc1)C(=O)c1ccc(N)cc1. The Morgan fingerprint density at radius 3 is 2.26 bits per heavy atom. The molecule has 0 saturated carbocycles. The number of nitrogens with two attached hydrogens (primary N) is 1. The van der Waals surface area contributed by atoms with Crippen molar-refractivity contribution < 1.29 is 9.59 Å². The van der Waals surface area contributed by atoms with Gasteiger partial charge < -0.3 is 5.73 Å². The molecule has 0 aromatic heterocycles. The number of rotatable bonds is 6. The molecule has 0 saturated heterocycles. The summed E-state index contributed by atoms with van der Waals surface area (Å²) in [4.78, 5) is 26.3. The standard InChI is InChI=1S/C19H22N2O2/c1-2-6-18(22)21(14-13-15-7-4-3-5-8-15)19(23)16-9-11-17(20)12-10-16/h3-5,7-12H,2,6,13-14,20H2,1H3. The van der Waals surface area contributed by atoms with Crippen LogP contribution in [0, 0.1) is 0 Å². The third kappa shape index (κ3) is 4.68. The molecule has 0 heterocycles. The lowest BCUT2D eigenvalue weighted by molar-refractivity contribution is -0.128. The van der Waals surface area contributed by atoms with Gasteiger partial charge >= 0.3 is 0 Å². The van der Waals surface area contributed by atoms with E-state index < -0.39 is 0 Å². The quantitative estimate of drug-likeness (QED) is 0.833. The van der Waals surface area contributed by atoms with Crippen LogP contribution in [-0.4, -0.2) is 23.3 Å². The third-order valence-electron chi connectivity index (χ3n) is 3.63. The molecular weight excluding hydrogens is 288 g/mol.